The first-order valence-corrected chi connectivity index (χ1v) is 5.93. The molecule has 2 N–H and O–H groups in total. The molecule has 0 aromatic carbocycles. The summed E-state index contributed by atoms with van der Waals surface area (Å²) in [4.78, 5) is 34.9. The maximum atomic E-state index is 12.0. The van der Waals surface area contributed by atoms with E-state index in [2.05, 4.69) is 0 Å². The number of fused-ring (bicyclic) bond motifs is 1. The van der Waals surface area contributed by atoms with Crippen molar-refractivity contribution in [3.8, 4) is 0 Å². The Morgan fingerprint density at radius 3 is 2.71 bits per heavy atom. The highest BCUT2D eigenvalue weighted by Gasteiger charge is 2.14. The number of carbonyl (C=O) groups is 1. The van der Waals surface area contributed by atoms with E-state index in [0.717, 1.165) is 4.57 Å². The van der Waals surface area contributed by atoms with Crippen molar-refractivity contribution in [2.45, 2.75) is 20.0 Å². The van der Waals surface area contributed by atoms with E-state index in [0.29, 0.717) is 10.2 Å². The van der Waals surface area contributed by atoms with Crippen molar-refractivity contribution in [3.63, 3.8) is 0 Å². The number of primary amides is 1. The molecular formula is C10H11N3O3S. The molecular weight excluding hydrogens is 242 g/mol. The average molecular weight is 253 g/mol. The molecule has 0 atom stereocenters. The van der Waals surface area contributed by atoms with Crippen molar-refractivity contribution in [2.24, 2.45) is 5.73 Å². The van der Waals surface area contributed by atoms with Gasteiger partial charge in [-0.2, -0.15) is 0 Å². The molecule has 0 aliphatic heterocycles. The Labute approximate surface area is 99.9 Å². The van der Waals surface area contributed by atoms with Crippen LogP contribution in [0.3, 0.4) is 0 Å². The van der Waals surface area contributed by atoms with Crippen molar-refractivity contribution in [2.75, 3.05) is 0 Å². The predicted octanol–water partition coefficient (Wildman–Crippen LogP) is -0.270. The molecule has 0 radical (unpaired) electrons. The summed E-state index contributed by atoms with van der Waals surface area (Å²) in [6, 6.07) is 1.64. The molecule has 2 rings (SSSR count). The highest BCUT2D eigenvalue weighted by Crippen LogP contribution is 2.14. The number of hydrogen-bond donors (Lipinski definition) is 1. The Kier molecular flexibility index (Phi) is 2.84. The van der Waals surface area contributed by atoms with E-state index >= 15 is 0 Å². The zero-order chi connectivity index (χ0) is 12.6. The third-order valence-electron chi connectivity index (χ3n) is 2.47. The summed E-state index contributed by atoms with van der Waals surface area (Å²) < 4.78 is 2.80. The van der Waals surface area contributed by atoms with Crippen molar-refractivity contribution in [3.05, 3.63) is 32.3 Å². The van der Waals surface area contributed by atoms with Gasteiger partial charge in [0, 0.05) is 6.54 Å². The normalized spacial score (nSPS) is 10.9. The molecule has 0 aliphatic carbocycles. The highest BCUT2D eigenvalue weighted by atomic mass is 32.1. The molecule has 0 spiro atoms. The molecule has 1 amide bonds. The van der Waals surface area contributed by atoms with Crippen LogP contribution in [0.5, 0.6) is 0 Å². The van der Waals surface area contributed by atoms with Crippen LogP contribution in [0.15, 0.2) is 21.0 Å². The summed E-state index contributed by atoms with van der Waals surface area (Å²) in [6.45, 7) is 1.76. The third kappa shape index (κ3) is 1.78. The molecule has 6 nitrogen and oxygen atoms in total. The Hall–Kier alpha value is -1.89. The van der Waals surface area contributed by atoms with Crippen LogP contribution in [0, 0.1) is 0 Å². The van der Waals surface area contributed by atoms with Crippen molar-refractivity contribution < 1.29 is 4.79 Å². The van der Waals surface area contributed by atoms with E-state index in [4.69, 9.17) is 5.73 Å². The first-order valence-electron chi connectivity index (χ1n) is 5.05. The number of rotatable bonds is 3. The van der Waals surface area contributed by atoms with Crippen LogP contribution < -0.4 is 17.0 Å². The fourth-order valence-corrected chi connectivity index (χ4v) is 2.56. The van der Waals surface area contributed by atoms with Crippen LogP contribution in [-0.2, 0) is 17.9 Å². The lowest BCUT2D eigenvalue weighted by molar-refractivity contribution is -0.118. The predicted molar refractivity (Wildman–Crippen MR) is 65.2 cm³/mol. The SMILES string of the molecule is CCn1c(=O)c2sccc2n(CC(N)=O)c1=O. The van der Waals surface area contributed by atoms with Gasteiger partial charge in [-0.3, -0.25) is 18.7 Å². The van der Waals surface area contributed by atoms with E-state index in [9.17, 15) is 14.4 Å². The molecule has 0 saturated heterocycles. The monoisotopic (exact) mass is 253 g/mol. The van der Waals surface area contributed by atoms with Gasteiger partial charge in [-0.15, -0.1) is 11.3 Å². The zero-order valence-corrected chi connectivity index (χ0v) is 9.99. The Morgan fingerprint density at radius 2 is 2.12 bits per heavy atom. The van der Waals surface area contributed by atoms with Gasteiger partial charge < -0.3 is 5.73 Å². The summed E-state index contributed by atoms with van der Waals surface area (Å²) in [6.07, 6.45) is 0. The van der Waals surface area contributed by atoms with Crippen molar-refractivity contribution in [1.29, 1.82) is 0 Å². The van der Waals surface area contributed by atoms with Gasteiger partial charge >= 0.3 is 5.69 Å². The van der Waals surface area contributed by atoms with Gasteiger partial charge in [0.2, 0.25) is 5.91 Å². The highest BCUT2D eigenvalue weighted by molar-refractivity contribution is 7.17. The largest absolute Gasteiger partial charge is 0.368 e. The smallest absolute Gasteiger partial charge is 0.331 e. The van der Waals surface area contributed by atoms with E-state index in [1.165, 1.54) is 15.9 Å². The molecule has 7 heteroatoms. The van der Waals surface area contributed by atoms with Gasteiger partial charge in [0.25, 0.3) is 5.56 Å². The molecule has 2 aromatic rings. The molecule has 2 aromatic heterocycles. The number of thiophene rings is 1. The quantitative estimate of drug-likeness (QED) is 0.816. The lowest BCUT2D eigenvalue weighted by atomic mass is 10.4. The van der Waals surface area contributed by atoms with Crippen LogP contribution in [0.25, 0.3) is 10.2 Å². The molecule has 2 heterocycles. The second-order valence-electron chi connectivity index (χ2n) is 3.52. The first-order chi connectivity index (χ1) is 8.06. The molecule has 0 aliphatic rings. The average Bonchev–Trinajstić information content (AvgIpc) is 2.73. The summed E-state index contributed by atoms with van der Waals surface area (Å²) >= 11 is 1.25. The Bertz CT molecular complexity index is 695. The third-order valence-corrected chi connectivity index (χ3v) is 3.36. The fourth-order valence-electron chi connectivity index (χ4n) is 1.72. The zero-order valence-electron chi connectivity index (χ0n) is 9.17. The van der Waals surface area contributed by atoms with Crippen molar-refractivity contribution in [1.82, 2.24) is 9.13 Å². The number of amides is 1. The van der Waals surface area contributed by atoms with Crippen LogP contribution in [0.1, 0.15) is 6.92 Å². The van der Waals surface area contributed by atoms with E-state index in [-0.39, 0.29) is 18.6 Å². The van der Waals surface area contributed by atoms with Crippen LogP contribution in [-0.4, -0.2) is 15.0 Å². The van der Waals surface area contributed by atoms with Crippen LogP contribution in [0.4, 0.5) is 0 Å². The second-order valence-corrected chi connectivity index (χ2v) is 4.44. The minimum absolute atomic E-state index is 0.216. The number of hydrogen-bond acceptors (Lipinski definition) is 4. The number of aromatic nitrogens is 2. The number of carbonyl (C=O) groups excluding carboxylic acids is 1. The van der Waals surface area contributed by atoms with Gasteiger partial charge in [0.15, 0.2) is 0 Å². The fraction of sp³-hybridized carbons (Fsp3) is 0.300. The standard InChI is InChI=1S/C10H11N3O3S/c1-2-12-9(15)8-6(3-4-17-8)13(10(12)16)5-7(11)14/h3-4H,2,5H2,1H3,(H2,11,14). The molecule has 0 fully saturated rings. The minimum atomic E-state index is -0.610. The van der Waals surface area contributed by atoms with Gasteiger partial charge in [0.05, 0.1) is 5.52 Å². The number of nitrogens with zero attached hydrogens (tertiary/aromatic N) is 2. The molecule has 90 valence electrons. The molecule has 0 saturated carbocycles. The van der Waals surface area contributed by atoms with E-state index in [1.807, 2.05) is 0 Å². The summed E-state index contributed by atoms with van der Waals surface area (Å²) in [7, 11) is 0. The van der Waals surface area contributed by atoms with E-state index in [1.54, 1.807) is 18.4 Å². The topological polar surface area (TPSA) is 87.1 Å². The molecule has 0 unspecified atom stereocenters. The maximum Gasteiger partial charge on any atom is 0.331 e. The van der Waals surface area contributed by atoms with E-state index < -0.39 is 11.6 Å². The second kappa shape index (κ2) is 4.17. The lowest BCUT2D eigenvalue weighted by Gasteiger charge is -2.08. The molecule has 0 bridgehead atoms. The van der Waals surface area contributed by atoms with Gasteiger partial charge in [-0.1, -0.05) is 0 Å². The Morgan fingerprint density at radius 1 is 1.41 bits per heavy atom. The summed E-state index contributed by atoms with van der Waals surface area (Å²) in [5, 5.41) is 1.71. The van der Waals surface area contributed by atoms with Crippen LogP contribution in [0.2, 0.25) is 0 Å². The van der Waals surface area contributed by atoms with Gasteiger partial charge in [0.1, 0.15) is 11.2 Å². The van der Waals surface area contributed by atoms with Gasteiger partial charge in [-0.05, 0) is 18.4 Å². The van der Waals surface area contributed by atoms with Gasteiger partial charge in [-0.25, -0.2) is 4.79 Å². The molecule has 17 heavy (non-hydrogen) atoms. The lowest BCUT2D eigenvalue weighted by Crippen LogP contribution is -2.41. The maximum absolute atomic E-state index is 12.0. The summed E-state index contributed by atoms with van der Waals surface area (Å²) in [5.74, 6) is -0.610. The van der Waals surface area contributed by atoms with Crippen molar-refractivity contribution >= 4 is 27.5 Å². The van der Waals surface area contributed by atoms with Crippen LogP contribution >= 0.6 is 11.3 Å². The first kappa shape index (κ1) is 11.6. The minimum Gasteiger partial charge on any atom is -0.368 e. The Balaban J connectivity index is 2.90. The number of nitrogens with two attached hydrogens (primary N) is 1. The summed E-state index contributed by atoms with van der Waals surface area (Å²) in [5.41, 5.74) is 4.75.